The molecule has 0 aliphatic carbocycles. The predicted octanol–water partition coefficient (Wildman–Crippen LogP) is 4.02. The number of aromatic nitrogens is 5. The number of thiazole rings is 1. The van der Waals surface area contributed by atoms with E-state index >= 15 is 0 Å². The third kappa shape index (κ3) is 4.51. The van der Waals surface area contributed by atoms with E-state index in [1.165, 1.54) is 0 Å². The van der Waals surface area contributed by atoms with Crippen LogP contribution in [0.15, 0.2) is 30.5 Å². The number of nitrogens with two attached hydrogens (primary N) is 1. The molecule has 4 aromatic heterocycles. The van der Waals surface area contributed by atoms with Gasteiger partial charge in [0.15, 0.2) is 0 Å². The van der Waals surface area contributed by atoms with Gasteiger partial charge in [0.05, 0.1) is 10.2 Å². The molecule has 9 nitrogen and oxygen atoms in total. The van der Waals surface area contributed by atoms with Crippen LogP contribution in [0.4, 0.5) is 23.4 Å². The fourth-order valence-electron chi connectivity index (χ4n) is 4.25. The number of rotatable bonds is 6. The Morgan fingerprint density at radius 2 is 2.00 bits per heavy atom. The Morgan fingerprint density at radius 3 is 2.79 bits per heavy atom. The minimum atomic E-state index is 0.418. The Hall–Kier alpha value is -3.37. The molecule has 4 aromatic rings. The van der Waals surface area contributed by atoms with Crippen LogP contribution in [-0.2, 0) is 0 Å². The van der Waals surface area contributed by atoms with Gasteiger partial charge in [-0.05, 0) is 38.4 Å². The molecule has 5 heterocycles. The van der Waals surface area contributed by atoms with E-state index in [1.54, 1.807) is 17.4 Å². The smallest absolute Gasteiger partial charge is 0.227 e. The van der Waals surface area contributed by atoms with Gasteiger partial charge in [-0.1, -0.05) is 13.0 Å². The summed E-state index contributed by atoms with van der Waals surface area (Å²) < 4.78 is 0.991. The maximum absolute atomic E-state index is 5.89. The van der Waals surface area contributed by atoms with Crippen LogP contribution in [0.3, 0.4) is 0 Å². The monoisotopic (exact) mass is 475 g/mol. The van der Waals surface area contributed by atoms with Crippen molar-refractivity contribution in [1.82, 2.24) is 29.8 Å². The topological polar surface area (TPSA) is 109 Å². The Kier molecular flexibility index (Phi) is 6.01. The zero-order chi connectivity index (χ0) is 23.8. The van der Waals surface area contributed by atoms with Gasteiger partial charge < -0.3 is 20.9 Å². The Bertz CT molecular complexity index is 1340. The minimum Gasteiger partial charge on any atom is -0.384 e. The molecule has 0 spiro atoms. The third-order valence-electron chi connectivity index (χ3n) is 6.25. The number of nitrogens with one attached hydrogen (secondary N) is 1. The van der Waals surface area contributed by atoms with Gasteiger partial charge in [0.1, 0.15) is 28.2 Å². The summed E-state index contributed by atoms with van der Waals surface area (Å²) >= 11 is 1.56. The quantitative estimate of drug-likeness (QED) is 0.427. The van der Waals surface area contributed by atoms with Gasteiger partial charge in [0.25, 0.3) is 0 Å². The van der Waals surface area contributed by atoms with Crippen molar-refractivity contribution in [2.24, 2.45) is 0 Å². The molecule has 1 saturated heterocycles. The summed E-state index contributed by atoms with van der Waals surface area (Å²) in [6.07, 6.45) is 2.95. The lowest BCUT2D eigenvalue weighted by Gasteiger charge is -2.25. The van der Waals surface area contributed by atoms with Crippen LogP contribution in [0.1, 0.15) is 24.6 Å². The molecular formula is C24H29N9S. The highest BCUT2D eigenvalue weighted by Crippen LogP contribution is 2.32. The van der Waals surface area contributed by atoms with Crippen LogP contribution < -0.4 is 16.0 Å². The molecule has 10 heteroatoms. The number of hydrogen-bond acceptors (Lipinski definition) is 10. The van der Waals surface area contributed by atoms with Crippen molar-refractivity contribution < 1.29 is 0 Å². The zero-order valence-electron chi connectivity index (χ0n) is 19.9. The normalized spacial score (nSPS) is 16.3. The van der Waals surface area contributed by atoms with Crippen molar-refractivity contribution in [3.05, 3.63) is 41.7 Å². The van der Waals surface area contributed by atoms with E-state index in [0.29, 0.717) is 17.7 Å². The maximum atomic E-state index is 5.89. The number of likely N-dealkylation sites (N-methyl/N-ethyl adjacent to an activating group) is 2. The SMILES string of the molecule is CCN1CC[C@H](N(C)c2nc(C)cc(Nc3cc4nc(-c5nc(N)ccc5C)sc4cn3)n2)C1. The summed E-state index contributed by atoms with van der Waals surface area (Å²) in [4.78, 5) is 28.0. The lowest BCUT2D eigenvalue weighted by Crippen LogP contribution is -2.35. The first-order chi connectivity index (χ1) is 16.4. The second-order valence-corrected chi connectivity index (χ2v) is 9.75. The number of aryl methyl sites for hydroxylation is 2. The van der Waals surface area contributed by atoms with Crippen molar-refractivity contribution in [3.8, 4) is 10.7 Å². The first-order valence-corrected chi connectivity index (χ1v) is 12.3. The van der Waals surface area contributed by atoms with E-state index < -0.39 is 0 Å². The number of anilines is 4. The average Bonchev–Trinajstić information content (AvgIpc) is 3.46. The second-order valence-electron chi connectivity index (χ2n) is 8.72. The van der Waals surface area contributed by atoms with Crippen LogP contribution in [-0.4, -0.2) is 62.5 Å². The largest absolute Gasteiger partial charge is 0.384 e. The number of nitrogen functional groups attached to an aromatic ring is 1. The molecule has 0 saturated carbocycles. The van der Waals surface area contributed by atoms with Gasteiger partial charge in [-0.2, -0.15) is 4.98 Å². The summed E-state index contributed by atoms with van der Waals surface area (Å²) in [5, 5.41) is 4.17. The van der Waals surface area contributed by atoms with Crippen LogP contribution in [0.5, 0.6) is 0 Å². The summed E-state index contributed by atoms with van der Waals surface area (Å²) in [6, 6.07) is 8.06. The van der Waals surface area contributed by atoms with Crippen molar-refractivity contribution in [2.75, 3.05) is 42.6 Å². The molecule has 34 heavy (non-hydrogen) atoms. The van der Waals surface area contributed by atoms with Crippen molar-refractivity contribution in [1.29, 1.82) is 0 Å². The molecule has 1 fully saturated rings. The van der Waals surface area contributed by atoms with Gasteiger partial charge in [-0.25, -0.2) is 19.9 Å². The number of nitrogens with zero attached hydrogens (tertiary/aromatic N) is 7. The van der Waals surface area contributed by atoms with E-state index in [2.05, 4.69) is 44.0 Å². The van der Waals surface area contributed by atoms with Crippen LogP contribution in [0.2, 0.25) is 0 Å². The lowest BCUT2D eigenvalue weighted by atomic mass is 10.2. The maximum Gasteiger partial charge on any atom is 0.227 e. The van der Waals surface area contributed by atoms with Crippen LogP contribution in [0.25, 0.3) is 20.9 Å². The number of hydrogen-bond donors (Lipinski definition) is 2. The number of pyridine rings is 2. The fourth-order valence-corrected chi connectivity index (χ4v) is 5.22. The Balaban J connectivity index is 1.39. The summed E-state index contributed by atoms with van der Waals surface area (Å²) in [5.41, 5.74) is 9.51. The zero-order valence-corrected chi connectivity index (χ0v) is 20.7. The number of likely N-dealkylation sites (tertiary alicyclic amines) is 1. The second kappa shape index (κ2) is 9.11. The average molecular weight is 476 g/mol. The minimum absolute atomic E-state index is 0.418. The first kappa shape index (κ1) is 22.4. The van der Waals surface area contributed by atoms with Crippen molar-refractivity contribution >= 4 is 45.0 Å². The van der Waals surface area contributed by atoms with Gasteiger partial charge in [-0.15, -0.1) is 11.3 Å². The van der Waals surface area contributed by atoms with Crippen LogP contribution >= 0.6 is 11.3 Å². The molecule has 0 aromatic carbocycles. The van der Waals surface area contributed by atoms with E-state index in [1.807, 2.05) is 38.2 Å². The molecule has 0 radical (unpaired) electrons. The Morgan fingerprint density at radius 1 is 1.15 bits per heavy atom. The summed E-state index contributed by atoms with van der Waals surface area (Å²) in [5.74, 6) is 2.62. The van der Waals surface area contributed by atoms with Gasteiger partial charge >= 0.3 is 0 Å². The van der Waals surface area contributed by atoms with Gasteiger partial charge in [0, 0.05) is 50.2 Å². The summed E-state index contributed by atoms with van der Waals surface area (Å²) in [7, 11) is 2.08. The van der Waals surface area contributed by atoms with Crippen molar-refractivity contribution in [3.63, 3.8) is 0 Å². The molecule has 0 bridgehead atoms. The van der Waals surface area contributed by atoms with E-state index in [4.69, 9.17) is 15.7 Å². The first-order valence-electron chi connectivity index (χ1n) is 11.5. The molecule has 1 aliphatic heterocycles. The molecule has 1 atom stereocenters. The van der Waals surface area contributed by atoms with Crippen molar-refractivity contribution in [2.45, 2.75) is 33.2 Å². The van der Waals surface area contributed by atoms with E-state index in [0.717, 1.165) is 70.0 Å². The highest BCUT2D eigenvalue weighted by molar-refractivity contribution is 7.21. The molecule has 5 rings (SSSR count). The van der Waals surface area contributed by atoms with E-state index in [9.17, 15) is 0 Å². The predicted molar refractivity (Wildman–Crippen MR) is 139 cm³/mol. The van der Waals surface area contributed by atoms with E-state index in [-0.39, 0.29) is 0 Å². The van der Waals surface area contributed by atoms with Gasteiger partial charge in [0.2, 0.25) is 5.95 Å². The lowest BCUT2D eigenvalue weighted by molar-refractivity contribution is 0.352. The molecule has 0 unspecified atom stereocenters. The highest BCUT2D eigenvalue weighted by atomic mass is 32.1. The standard InChI is InChI=1S/C24H29N9S/c1-5-33-9-8-16(13-33)32(4)24-27-15(3)10-21(31-24)30-20-11-17-18(12-26-20)34-23(28-17)22-14(2)6-7-19(25)29-22/h6-7,10-12,16H,5,8-9,13H2,1-4H3,(H2,25,29)(H,26,27,30,31)/t16-/m0/s1. The number of fused-ring (bicyclic) bond motifs is 1. The molecule has 176 valence electrons. The molecular weight excluding hydrogens is 446 g/mol. The fraction of sp³-hybridized carbons (Fsp3) is 0.375. The molecule has 1 aliphatic rings. The highest BCUT2D eigenvalue weighted by Gasteiger charge is 2.26. The Labute approximate surface area is 203 Å². The molecule has 3 N–H and O–H groups in total. The molecule has 0 amide bonds. The van der Waals surface area contributed by atoms with Gasteiger partial charge in [-0.3, -0.25) is 0 Å². The summed E-state index contributed by atoms with van der Waals surface area (Å²) in [6.45, 7) is 9.44. The third-order valence-corrected chi connectivity index (χ3v) is 7.27. The van der Waals surface area contributed by atoms with Crippen LogP contribution in [0, 0.1) is 13.8 Å².